The normalized spacial score (nSPS) is 10.8. The number of thioether (sulfide) groups is 1. The Kier molecular flexibility index (Phi) is 6.45. The molecule has 1 aromatic carbocycles. The number of furan rings is 1. The van der Waals surface area contributed by atoms with E-state index >= 15 is 0 Å². The Morgan fingerprint density at radius 2 is 2.08 bits per heavy atom. The molecule has 1 N–H and O–H groups in total. The van der Waals surface area contributed by atoms with Crippen LogP contribution < -0.4 is 5.32 Å². The van der Waals surface area contributed by atoms with Crippen molar-refractivity contribution in [2.75, 3.05) is 19.5 Å². The Labute approximate surface area is 155 Å². The zero-order valence-electron chi connectivity index (χ0n) is 14.4. The number of ether oxygens (including phenoxy) is 1. The largest absolute Gasteiger partial charge is 0.467 e. The molecule has 0 bridgehead atoms. The van der Waals surface area contributed by atoms with Crippen LogP contribution in [0.1, 0.15) is 5.76 Å². The van der Waals surface area contributed by atoms with Gasteiger partial charge < -0.3 is 14.5 Å². The first-order chi connectivity index (χ1) is 12.8. The molecule has 0 fully saturated rings. The minimum absolute atomic E-state index is 0.0889. The smallest absolute Gasteiger partial charge is 0.230 e. The van der Waals surface area contributed by atoms with E-state index in [0.29, 0.717) is 24.9 Å². The van der Waals surface area contributed by atoms with Gasteiger partial charge in [0.1, 0.15) is 5.76 Å². The summed E-state index contributed by atoms with van der Waals surface area (Å²) in [6.07, 6.45) is 1.58. The molecule has 0 aliphatic rings. The molecule has 0 unspecified atom stereocenters. The van der Waals surface area contributed by atoms with Crippen molar-refractivity contribution in [1.29, 1.82) is 0 Å². The second-order valence-corrected chi connectivity index (χ2v) is 6.40. The third-order valence-electron chi connectivity index (χ3n) is 3.64. The number of rotatable bonds is 9. The zero-order valence-corrected chi connectivity index (χ0v) is 15.2. The fraction of sp³-hybridized carbons (Fsp3) is 0.278. The summed E-state index contributed by atoms with van der Waals surface area (Å²) in [5.74, 6) is 1.65. The van der Waals surface area contributed by atoms with E-state index in [1.54, 1.807) is 19.4 Å². The summed E-state index contributed by atoms with van der Waals surface area (Å²) in [5, 5.41) is 12.1. The van der Waals surface area contributed by atoms with Crippen molar-refractivity contribution >= 4 is 17.7 Å². The highest BCUT2D eigenvalue weighted by atomic mass is 32.2. The third kappa shape index (κ3) is 4.74. The van der Waals surface area contributed by atoms with Crippen LogP contribution in [0.4, 0.5) is 0 Å². The van der Waals surface area contributed by atoms with E-state index in [1.807, 2.05) is 41.0 Å². The number of aromatic nitrogens is 3. The molecule has 2 aromatic heterocycles. The number of benzene rings is 1. The second kappa shape index (κ2) is 9.21. The molecule has 0 atom stereocenters. The van der Waals surface area contributed by atoms with Crippen molar-refractivity contribution in [3.8, 4) is 11.4 Å². The van der Waals surface area contributed by atoms with E-state index in [1.165, 1.54) is 11.8 Å². The van der Waals surface area contributed by atoms with Crippen LogP contribution in [0.15, 0.2) is 58.3 Å². The van der Waals surface area contributed by atoms with Gasteiger partial charge >= 0.3 is 0 Å². The standard InChI is InChI=1S/C18H20N4O3S/c1-24-11-9-22-17(14-6-3-2-4-7-14)20-21-18(22)26-13-16(23)19-12-15-8-5-10-25-15/h2-8,10H,9,11-13H2,1H3,(H,19,23). The van der Waals surface area contributed by atoms with Gasteiger partial charge in [0.15, 0.2) is 11.0 Å². The van der Waals surface area contributed by atoms with Crippen LogP contribution in [-0.2, 0) is 22.6 Å². The molecule has 7 nitrogen and oxygen atoms in total. The van der Waals surface area contributed by atoms with Gasteiger partial charge in [-0.05, 0) is 12.1 Å². The quantitative estimate of drug-likeness (QED) is 0.582. The Hall–Kier alpha value is -2.58. The molecule has 0 saturated heterocycles. The van der Waals surface area contributed by atoms with Crippen molar-refractivity contribution in [3.63, 3.8) is 0 Å². The molecule has 136 valence electrons. The molecule has 0 saturated carbocycles. The van der Waals surface area contributed by atoms with Crippen molar-refractivity contribution in [1.82, 2.24) is 20.1 Å². The molecule has 0 spiro atoms. The molecule has 2 heterocycles. The van der Waals surface area contributed by atoms with Gasteiger partial charge in [-0.15, -0.1) is 10.2 Å². The van der Waals surface area contributed by atoms with Gasteiger partial charge in [-0.2, -0.15) is 0 Å². The van der Waals surface area contributed by atoms with E-state index in [0.717, 1.165) is 17.1 Å². The summed E-state index contributed by atoms with van der Waals surface area (Å²) in [6, 6.07) is 13.5. The summed E-state index contributed by atoms with van der Waals surface area (Å²) >= 11 is 1.35. The van der Waals surface area contributed by atoms with E-state index in [-0.39, 0.29) is 11.7 Å². The number of amides is 1. The Morgan fingerprint density at radius 3 is 2.81 bits per heavy atom. The SMILES string of the molecule is COCCn1c(SCC(=O)NCc2ccco2)nnc1-c1ccccc1. The molecular weight excluding hydrogens is 352 g/mol. The number of carbonyl (C=O) groups is 1. The lowest BCUT2D eigenvalue weighted by molar-refractivity contribution is -0.118. The zero-order chi connectivity index (χ0) is 18.2. The average Bonchev–Trinajstić information content (AvgIpc) is 3.33. The summed E-state index contributed by atoms with van der Waals surface area (Å²) < 4.78 is 12.4. The number of nitrogens with zero attached hydrogens (tertiary/aromatic N) is 3. The lowest BCUT2D eigenvalue weighted by Crippen LogP contribution is -2.24. The first kappa shape index (κ1) is 18.2. The molecular formula is C18H20N4O3S. The fourth-order valence-corrected chi connectivity index (χ4v) is 3.15. The lowest BCUT2D eigenvalue weighted by atomic mass is 10.2. The predicted molar refractivity (Wildman–Crippen MR) is 98.6 cm³/mol. The molecule has 0 aliphatic carbocycles. The molecule has 26 heavy (non-hydrogen) atoms. The van der Waals surface area contributed by atoms with Gasteiger partial charge in [-0.1, -0.05) is 42.1 Å². The molecule has 0 aliphatic heterocycles. The van der Waals surface area contributed by atoms with Crippen LogP contribution in [0.5, 0.6) is 0 Å². The van der Waals surface area contributed by atoms with Gasteiger partial charge in [0.05, 0.1) is 31.7 Å². The maximum Gasteiger partial charge on any atom is 0.230 e. The van der Waals surface area contributed by atoms with E-state index in [2.05, 4.69) is 15.5 Å². The highest BCUT2D eigenvalue weighted by molar-refractivity contribution is 7.99. The second-order valence-electron chi connectivity index (χ2n) is 5.46. The van der Waals surface area contributed by atoms with Crippen LogP contribution in [0.3, 0.4) is 0 Å². The Bertz CT molecular complexity index is 818. The van der Waals surface area contributed by atoms with Gasteiger partial charge in [-0.25, -0.2) is 0 Å². The highest BCUT2D eigenvalue weighted by Crippen LogP contribution is 2.23. The lowest BCUT2D eigenvalue weighted by Gasteiger charge is -2.09. The number of hydrogen-bond donors (Lipinski definition) is 1. The van der Waals surface area contributed by atoms with Crippen LogP contribution in [0.25, 0.3) is 11.4 Å². The number of carbonyl (C=O) groups excluding carboxylic acids is 1. The van der Waals surface area contributed by atoms with Crippen molar-refractivity contribution in [2.45, 2.75) is 18.2 Å². The molecule has 0 radical (unpaired) electrons. The van der Waals surface area contributed by atoms with Gasteiger partial charge in [0.2, 0.25) is 5.91 Å². The van der Waals surface area contributed by atoms with E-state index in [9.17, 15) is 4.79 Å². The maximum atomic E-state index is 12.1. The van der Waals surface area contributed by atoms with Crippen LogP contribution in [0.2, 0.25) is 0 Å². The van der Waals surface area contributed by atoms with Gasteiger partial charge in [0.25, 0.3) is 0 Å². The molecule has 3 rings (SSSR count). The van der Waals surface area contributed by atoms with Gasteiger partial charge in [0, 0.05) is 12.7 Å². The molecule has 8 heteroatoms. The Morgan fingerprint density at radius 1 is 1.23 bits per heavy atom. The van der Waals surface area contributed by atoms with Crippen molar-refractivity contribution in [3.05, 3.63) is 54.5 Å². The van der Waals surface area contributed by atoms with Crippen LogP contribution in [-0.4, -0.2) is 40.1 Å². The van der Waals surface area contributed by atoms with Crippen molar-refractivity contribution < 1.29 is 13.9 Å². The Balaban J connectivity index is 1.65. The minimum Gasteiger partial charge on any atom is -0.467 e. The first-order valence-electron chi connectivity index (χ1n) is 8.17. The first-order valence-corrected chi connectivity index (χ1v) is 9.16. The topological polar surface area (TPSA) is 82.2 Å². The summed E-state index contributed by atoms with van der Waals surface area (Å²) in [7, 11) is 1.65. The third-order valence-corrected chi connectivity index (χ3v) is 4.61. The highest BCUT2D eigenvalue weighted by Gasteiger charge is 2.15. The van der Waals surface area contributed by atoms with E-state index < -0.39 is 0 Å². The minimum atomic E-state index is -0.0889. The fourth-order valence-electron chi connectivity index (χ4n) is 2.36. The summed E-state index contributed by atoms with van der Waals surface area (Å²) in [6.45, 7) is 1.53. The monoisotopic (exact) mass is 372 g/mol. The summed E-state index contributed by atoms with van der Waals surface area (Å²) in [5.41, 5.74) is 0.977. The average molecular weight is 372 g/mol. The van der Waals surface area contributed by atoms with Gasteiger partial charge in [-0.3, -0.25) is 9.36 Å². The number of nitrogens with one attached hydrogen (secondary N) is 1. The van der Waals surface area contributed by atoms with Crippen molar-refractivity contribution in [2.24, 2.45) is 0 Å². The number of methoxy groups -OCH3 is 1. The molecule has 3 aromatic rings. The molecule has 1 amide bonds. The maximum absolute atomic E-state index is 12.1. The van der Waals surface area contributed by atoms with Crippen LogP contribution >= 0.6 is 11.8 Å². The van der Waals surface area contributed by atoms with Crippen LogP contribution in [0, 0.1) is 0 Å². The van der Waals surface area contributed by atoms with E-state index in [4.69, 9.17) is 9.15 Å². The summed E-state index contributed by atoms with van der Waals surface area (Å²) in [4.78, 5) is 12.1. The predicted octanol–water partition coefficient (Wildman–Crippen LogP) is 2.59. The number of hydrogen-bond acceptors (Lipinski definition) is 6.